The van der Waals surface area contributed by atoms with Crippen molar-refractivity contribution in [2.24, 2.45) is 23.7 Å². The molecule has 17 heavy (non-hydrogen) atoms. The second kappa shape index (κ2) is 5.77. The van der Waals surface area contributed by atoms with E-state index in [2.05, 4.69) is 32.2 Å². The topological polar surface area (TPSA) is 0 Å². The summed E-state index contributed by atoms with van der Waals surface area (Å²) in [5, 5.41) is 0.473. The first-order valence-corrected chi connectivity index (χ1v) is 7.59. The Morgan fingerprint density at radius 1 is 1.18 bits per heavy atom. The standard InChI is InChI=1S/C15H25FS/c1-3-11-7-8-12(17)9-14(11)13-6-4-5-10(2)15(13)16/h3,10-15,17H,1,4-9H2,2H3. The summed E-state index contributed by atoms with van der Waals surface area (Å²) in [5.74, 6) is 1.52. The molecule has 0 heterocycles. The molecule has 2 heteroatoms. The first-order valence-electron chi connectivity index (χ1n) is 7.08. The van der Waals surface area contributed by atoms with Crippen LogP contribution in [0.2, 0.25) is 0 Å². The van der Waals surface area contributed by atoms with Crippen LogP contribution in [0.15, 0.2) is 12.7 Å². The number of hydrogen-bond acceptors (Lipinski definition) is 1. The van der Waals surface area contributed by atoms with Crippen LogP contribution in [0.3, 0.4) is 0 Å². The van der Waals surface area contributed by atoms with Crippen LogP contribution in [0.5, 0.6) is 0 Å². The van der Waals surface area contributed by atoms with E-state index in [1.807, 2.05) is 0 Å². The zero-order chi connectivity index (χ0) is 12.4. The normalized spacial score (nSPS) is 47.7. The van der Waals surface area contributed by atoms with E-state index < -0.39 is 6.17 Å². The van der Waals surface area contributed by atoms with E-state index in [0.29, 0.717) is 17.1 Å². The Balaban J connectivity index is 2.09. The van der Waals surface area contributed by atoms with Crippen molar-refractivity contribution in [3.05, 3.63) is 12.7 Å². The van der Waals surface area contributed by atoms with Crippen LogP contribution in [0, 0.1) is 23.7 Å². The maximum Gasteiger partial charge on any atom is 0.106 e. The van der Waals surface area contributed by atoms with E-state index in [1.165, 1.54) is 6.42 Å². The zero-order valence-electron chi connectivity index (χ0n) is 10.8. The lowest BCUT2D eigenvalue weighted by Crippen LogP contribution is -2.39. The SMILES string of the molecule is C=CC1CCC(S)CC1C1CCCC(C)C1F. The Bertz CT molecular complexity index is 266. The molecule has 2 aliphatic rings. The third-order valence-corrected chi connectivity index (χ3v) is 5.40. The first-order chi connectivity index (χ1) is 8.13. The van der Waals surface area contributed by atoms with Crippen LogP contribution >= 0.6 is 12.6 Å². The van der Waals surface area contributed by atoms with Crippen LogP contribution in [0.25, 0.3) is 0 Å². The molecule has 2 rings (SSSR count). The monoisotopic (exact) mass is 256 g/mol. The van der Waals surface area contributed by atoms with Gasteiger partial charge in [0.15, 0.2) is 0 Å². The molecular formula is C15H25FS. The van der Waals surface area contributed by atoms with Crippen LogP contribution in [0.4, 0.5) is 4.39 Å². The minimum absolute atomic E-state index is 0.250. The number of halogens is 1. The van der Waals surface area contributed by atoms with E-state index in [0.717, 1.165) is 32.1 Å². The van der Waals surface area contributed by atoms with Gasteiger partial charge in [-0.25, -0.2) is 4.39 Å². The third-order valence-electron chi connectivity index (χ3n) is 4.93. The highest BCUT2D eigenvalue weighted by Gasteiger charge is 2.40. The largest absolute Gasteiger partial charge is 0.247 e. The molecule has 0 spiro atoms. The lowest BCUT2D eigenvalue weighted by Gasteiger charge is -2.43. The van der Waals surface area contributed by atoms with Crippen molar-refractivity contribution < 1.29 is 4.39 Å². The molecule has 0 amide bonds. The van der Waals surface area contributed by atoms with Crippen LogP contribution in [0.1, 0.15) is 45.4 Å². The zero-order valence-corrected chi connectivity index (χ0v) is 11.7. The summed E-state index contributed by atoms with van der Waals surface area (Å²) in [4.78, 5) is 0. The van der Waals surface area contributed by atoms with E-state index in [9.17, 15) is 4.39 Å². The van der Waals surface area contributed by atoms with E-state index >= 15 is 0 Å². The fourth-order valence-electron chi connectivity index (χ4n) is 3.86. The van der Waals surface area contributed by atoms with Crippen LogP contribution in [-0.2, 0) is 0 Å². The maximum absolute atomic E-state index is 14.4. The van der Waals surface area contributed by atoms with Gasteiger partial charge in [-0.3, -0.25) is 0 Å². The summed E-state index contributed by atoms with van der Waals surface area (Å²) in [6.07, 6.45) is 8.19. The smallest absolute Gasteiger partial charge is 0.106 e. The first kappa shape index (κ1) is 13.5. The number of alkyl halides is 1. The molecule has 0 radical (unpaired) electrons. The van der Waals surface area contributed by atoms with Gasteiger partial charge in [0.2, 0.25) is 0 Å². The minimum Gasteiger partial charge on any atom is -0.247 e. The minimum atomic E-state index is -0.602. The lowest BCUT2D eigenvalue weighted by molar-refractivity contribution is 0.0391. The average Bonchev–Trinajstić information content (AvgIpc) is 2.33. The summed E-state index contributed by atoms with van der Waals surface area (Å²) >= 11 is 4.61. The predicted octanol–water partition coefficient (Wildman–Crippen LogP) is 4.66. The van der Waals surface area contributed by atoms with Crippen molar-refractivity contribution in [1.82, 2.24) is 0 Å². The second-order valence-electron chi connectivity index (χ2n) is 6.05. The van der Waals surface area contributed by atoms with Gasteiger partial charge < -0.3 is 0 Å². The highest BCUT2D eigenvalue weighted by Crippen LogP contribution is 2.45. The van der Waals surface area contributed by atoms with E-state index in [-0.39, 0.29) is 11.8 Å². The predicted molar refractivity (Wildman–Crippen MR) is 75.2 cm³/mol. The Hall–Kier alpha value is 0.0200. The highest BCUT2D eigenvalue weighted by atomic mass is 32.1. The maximum atomic E-state index is 14.4. The van der Waals surface area contributed by atoms with Crippen molar-refractivity contribution >= 4 is 12.6 Å². The van der Waals surface area contributed by atoms with Gasteiger partial charge in [0.05, 0.1) is 0 Å². The molecule has 0 nitrogen and oxygen atoms in total. The Labute approximate surface area is 110 Å². The molecule has 0 aromatic rings. The number of hydrogen-bond donors (Lipinski definition) is 1. The van der Waals surface area contributed by atoms with Gasteiger partial charge in [0.1, 0.15) is 6.17 Å². The fraction of sp³-hybridized carbons (Fsp3) is 0.867. The molecule has 98 valence electrons. The summed E-state index contributed by atoms with van der Waals surface area (Å²) in [6.45, 7) is 6.02. The van der Waals surface area contributed by atoms with Gasteiger partial charge in [-0.15, -0.1) is 6.58 Å². The van der Waals surface area contributed by atoms with Gasteiger partial charge in [-0.1, -0.05) is 19.4 Å². The van der Waals surface area contributed by atoms with Gasteiger partial charge in [0.25, 0.3) is 0 Å². The number of rotatable bonds is 2. The molecule has 0 aromatic heterocycles. The van der Waals surface area contributed by atoms with Crippen molar-refractivity contribution in [3.63, 3.8) is 0 Å². The van der Waals surface area contributed by atoms with Gasteiger partial charge in [-0.05, 0) is 55.8 Å². The molecule has 6 atom stereocenters. The summed E-state index contributed by atoms with van der Waals surface area (Å²) < 4.78 is 14.4. The lowest BCUT2D eigenvalue weighted by atomic mass is 9.65. The molecule has 6 unspecified atom stereocenters. The van der Waals surface area contributed by atoms with Gasteiger partial charge in [0, 0.05) is 5.25 Å². The molecule has 0 aromatic carbocycles. The van der Waals surface area contributed by atoms with E-state index in [1.54, 1.807) is 0 Å². The van der Waals surface area contributed by atoms with Crippen molar-refractivity contribution in [3.8, 4) is 0 Å². The molecule has 2 fully saturated rings. The van der Waals surface area contributed by atoms with E-state index in [4.69, 9.17) is 0 Å². The van der Waals surface area contributed by atoms with Gasteiger partial charge in [-0.2, -0.15) is 12.6 Å². The molecule has 2 aliphatic carbocycles. The molecule has 2 saturated carbocycles. The number of thiol groups is 1. The highest BCUT2D eigenvalue weighted by molar-refractivity contribution is 7.80. The molecule has 0 bridgehead atoms. The summed E-state index contributed by atoms with van der Waals surface area (Å²) in [5.41, 5.74) is 0. The fourth-order valence-corrected chi connectivity index (χ4v) is 4.25. The van der Waals surface area contributed by atoms with Gasteiger partial charge >= 0.3 is 0 Å². The second-order valence-corrected chi connectivity index (χ2v) is 6.78. The Morgan fingerprint density at radius 3 is 2.65 bits per heavy atom. The third kappa shape index (κ3) is 2.89. The van der Waals surface area contributed by atoms with Crippen molar-refractivity contribution in [2.75, 3.05) is 0 Å². The van der Waals surface area contributed by atoms with Crippen molar-refractivity contribution in [1.29, 1.82) is 0 Å². The quantitative estimate of drug-likeness (QED) is 0.539. The molecule has 0 saturated heterocycles. The Kier molecular flexibility index (Phi) is 4.57. The summed E-state index contributed by atoms with van der Waals surface area (Å²) in [7, 11) is 0. The van der Waals surface area contributed by atoms with Crippen molar-refractivity contribution in [2.45, 2.75) is 56.9 Å². The Morgan fingerprint density at radius 2 is 1.94 bits per heavy atom. The summed E-state index contributed by atoms with van der Waals surface area (Å²) in [6, 6.07) is 0. The molecule has 0 aliphatic heterocycles. The molecular weight excluding hydrogens is 231 g/mol. The van der Waals surface area contributed by atoms with Crippen LogP contribution < -0.4 is 0 Å². The molecule has 0 N–H and O–H groups in total. The number of allylic oxidation sites excluding steroid dienone is 1. The van der Waals surface area contributed by atoms with Crippen LogP contribution in [-0.4, -0.2) is 11.4 Å². The average molecular weight is 256 g/mol.